The molecule has 162 valence electrons. The van der Waals surface area contributed by atoms with Crippen LogP contribution in [0.4, 0.5) is 18.0 Å². The monoisotopic (exact) mass is 435 g/mol. The third kappa shape index (κ3) is 4.84. The average Bonchev–Trinajstić information content (AvgIpc) is 2.90. The van der Waals surface area contributed by atoms with Crippen LogP contribution in [0.2, 0.25) is 0 Å². The van der Waals surface area contributed by atoms with E-state index in [0.717, 1.165) is 6.07 Å². The van der Waals surface area contributed by atoms with Gasteiger partial charge in [-0.15, -0.1) is 0 Å². The second-order valence-electron chi connectivity index (χ2n) is 7.72. The van der Waals surface area contributed by atoms with Crippen molar-refractivity contribution < 1.29 is 31.5 Å². The number of amides is 1. The largest absolute Gasteiger partial charge is 0.465 e. The van der Waals surface area contributed by atoms with Gasteiger partial charge < -0.3 is 16.2 Å². The number of halogens is 3. The molecule has 0 aromatic heterocycles. The predicted octanol–water partition coefficient (Wildman–Crippen LogP) is 1.81. The first-order valence-electron chi connectivity index (χ1n) is 9.45. The average molecular weight is 435 g/mol. The van der Waals surface area contributed by atoms with Crippen LogP contribution < -0.4 is 11.1 Å². The Hall–Kier alpha value is -1.85. The van der Waals surface area contributed by atoms with Crippen LogP contribution in [0.25, 0.3) is 0 Å². The van der Waals surface area contributed by atoms with Crippen LogP contribution in [0.15, 0.2) is 12.1 Å². The summed E-state index contributed by atoms with van der Waals surface area (Å²) in [5.41, 5.74) is 6.23. The van der Waals surface area contributed by atoms with E-state index in [1.54, 1.807) is 0 Å². The molecule has 7 nitrogen and oxygen atoms in total. The molecule has 2 aliphatic heterocycles. The zero-order valence-electron chi connectivity index (χ0n) is 15.7. The first-order valence-corrected chi connectivity index (χ1v) is 11.1. The Morgan fingerprint density at radius 3 is 2.34 bits per heavy atom. The molecule has 2 saturated heterocycles. The molecule has 3 atom stereocenters. The number of carbonyl (C=O) groups is 1. The SMILES string of the molecule is N[C@H](Cc1cc(F)c(F)cc1F)C1CC2CCC(C1)N2S(=O)(=O)CCNC(=O)O. The maximum Gasteiger partial charge on any atom is 0.404 e. The van der Waals surface area contributed by atoms with Crippen LogP contribution >= 0.6 is 0 Å². The Labute approximate surface area is 167 Å². The molecule has 0 radical (unpaired) electrons. The van der Waals surface area contributed by atoms with E-state index in [0.29, 0.717) is 31.7 Å². The van der Waals surface area contributed by atoms with Gasteiger partial charge in [0.1, 0.15) is 5.82 Å². The summed E-state index contributed by atoms with van der Waals surface area (Å²) in [6, 6.07) is 0.315. The Morgan fingerprint density at radius 2 is 1.76 bits per heavy atom. The molecule has 4 N–H and O–H groups in total. The maximum atomic E-state index is 13.9. The smallest absolute Gasteiger partial charge is 0.404 e. The van der Waals surface area contributed by atoms with E-state index < -0.39 is 39.6 Å². The molecule has 2 fully saturated rings. The van der Waals surface area contributed by atoms with Gasteiger partial charge in [0.2, 0.25) is 10.0 Å². The third-order valence-corrected chi connectivity index (χ3v) is 7.77. The lowest BCUT2D eigenvalue weighted by Gasteiger charge is -2.40. The number of rotatable bonds is 7. The molecule has 2 bridgehead atoms. The van der Waals surface area contributed by atoms with Gasteiger partial charge in [-0.3, -0.25) is 0 Å². The van der Waals surface area contributed by atoms with E-state index in [1.165, 1.54) is 4.31 Å². The van der Waals surface area contributed by atoms with Crippen LogP contribution in [0.3, 0.4) is 0 Å². The number of piperidine rings is 1. The number of fused-ring (bicyclic) bond motifs is 2. The summed E-state index contributed by atoms with van der Waals surface area (Å²) in [5, 5.41) is 10.7. The highest BCUT2D eigenvalue weighted by Crippen LogP contribution is 2.41. The number of hydrogen-bond donors (Lipinski definition) is 3. The Balaban J connectivity index is 1.65. The third-order valence-electron chi connectivity index (χ3n) is 5.81. The molecule has 0 spiro atoms. The van der Waals surface area contributed by atoms with Crippen molar-refractivity contribution in [3.8, 4) is 0 Å². The van der Waals surface area contributed by atoms with Gasteiger partial charge in [0.05, 0.1) is 5.75 Å². The summed E-state index contributed by atoms with van der Waals surface area (Å²) >= 11 is 0. The molecule has 0 saturated carbocycles. The minimum absolute atomic E-state index is 0.00135. The highest BCUT2D eigenvalue weighted by molar-refractivity contribution is 7.89. The molecular weight excluding hydrogens is 411 g/mol. The van der Waals surface area contributed by atoms with Crippen molar-refractivity contribution in [2.24, 2.45) is 11.7 Å². The number of sulfonamides is 1. The fourth-order valence-electron chi connectivity index (χ4n) is 4.51. The number of nitrogens with two attached hydrogens (primary N) is 1. The molecule has 3 rings (SSSR count). The Bertz CT molecular complexity index is 869. The minimum atomic E-state index is -3.62. The second-order valence-corrected chi connectivity index (χ2v) is 9.71. The van der Waals surface area contributed by atoms with Gasteiger partial charge >= 0.3 is 6.09 Å². The summed E-state index contributed by atoms with van der Waals surface area (Å²) in [6.45, 7) is -0.189. The van der Waals surface area contributed by atoms with Crippen molar-refractivity contribution in [3.63, 3.8) is 0 Å². The van der Waals surface area contributed by atoms with Gasteiger partial charge in [0, 0.05) is 30.7 Å². The lowest BCUT2D eigenvalue weighted by molar-refractivity contribution is 0.170. The number of nitrogens with one attached hydrogen (secondary N) is 1. The first-order chi connectivity index (χ1) is 13.6. The molecule has 1 amide bonds. The van der Waals surface area contributed by atoms with E-state index in [-0.39, 0.29) is 42.3 Å². The van der Waals surface area contributed by atoms with Crippen molar-refractivity contribution in [1.29, 1.82) is 0 Å². The molecule has 1 aromatic rings. The minimum Gasteiger partial charge on any atom is -0.465 e. The van der Waals surface area contributed by atoms with Crippen molar-refractivity contribution in [2.75, 3.05) is 12.3 Å². The molecule has 2 aliphatic rings. The molecule has 1 aromatic carbocycles. The van der Waals surface area contributed by atoms with Gasteiger partial charge in [-0.2, -0.15) is 4.31 Å². The van der Waals surface area contributed by atoms with E-state index in [2.05, 4.69) is 5.32 Å². The van der Waals surface area contributed by atoms with Gasteiger partial charge in [0.25, 0.3) is 0 Å². The highest BCUT2D eigenvalue weighted by atomic mass is 32.2. The molecular formula is C18H24F3N3O4S. The van der Waals surface area contributed by atoms with Crippen molar-refractivity contribution in [1.82, 2.24) is 9.62 Å². The quantitative estimate of drug-likeness (QED) is 0.566. The molecule has 11 heteroatoms. The van der Waals surface area contributed by atoms with Gasteiger partial charge in [-0.25, -0.2) is 26.4 Å². The van der Waals surface area contributed by atoms with Crippen LogP contribution in [-0.2, 0) is 16.4 Å². The number of nitrogens with zero attached hydrogens (tertiary/aromatic N) is 1. The predicted molar refractivity (Wildman–Crippen MR) is 99.2 cm³/mol. The molecule has 2 heterocycles. The normalized spacial score (nSPS) is 25.7. The maximum absolute atomic E-state index is 13.9. The van der Waals surface area contributed by atoms with Crippen molar-refractivity contribution >= 4 is 16.1 Å². The van der Waals surface area contributed by atoms with E-state index in [1.807, 2.05) is 0 Å². The van der Waals surface area contributed by atoms with Crippen molar-refractivity contribution in [2.45, 2.75) is 50.2 Å². The summed E-state index contributed by atoms with van der Waals surface area (Å²) in [6.07, 6.45) is 1.10. The fourth-order valence-corrected chi connectivity index (χ4v) is 6.38. The van der Waals surface area contributed by atoms with Crippen LogP contribution in [0, 0.1) is 23.4 Å². The van der Waals surface area contributed by atoms with Gasteiger partial charge in [0.15, 0.2) is 11.6 Å². The first kappa shape index (κ1) is 21.8. The van der Waals surface area contributed by atoms with E-state index in [9.17, 15) is 26.4 Å². The summed E-state index contributed by atoms with van der Waals surface area (Å²) in [4.78, 5) is 10.5. The topological polar surface area (TPSA) is 113 Å². The Kier molecular flexibility index (Phi) is 6.39. The van der Waals surface area contributed by atoms with Gasteiger partial charge in [-0.05, 0) is 49.7 Å². The van der Waals surface area contributed by atoms with Crippen LogP contribution in [0.1, 0.15) is 31.2 Å². The molecule has 2 unspecified atom stereocenters. The Morgan fingerprint density at radius 1 is 1.17 bits per heavy atom. The number of carboxylic acid groups (broad SMARTS) is 1. The summed E-state index contributed by atoms with van der Waals surface area (Å²) in [5.74, 6) is -3.64. The van der Waals surface area contributed by atoms with Crippen LogP contribution in [0.5, 0.6) is 0 Å². The van der Waals surface area contributed by atoms with Crippen LogP contribution in [-0.4, -0.2) is 54.3 Å². The summed E-state index contributed by atoms with van der Waals surface area (Å²) < 4.78 is 67.2. The lowest BCUT2D eigenvalue weighted by Crippen LogP contribution is -2.51. The lowest BCUT2D eigenvalue weighted by atomic mass is 9.83. The summed E-state index contributed by atoms with van der Waals surface area (Å²) in [7, 11) is -3.62. The molecule has 29 heavy (non-hydrogen) atoms. The molecule has 0 aliphatic carbocycles. The second kappa shape index (κ2) is 8.49. The number of hydrogen-bond acceptors (Lipinski definition) is 4. The zero-order valence-corrected chi connectivity index (χ0v) is 16.5. The highest BCUT2D eigenvalue weighted by Gasteiger charge is 2.47. The number of benzene rings is 1. The zero-order chi connectivity index (χ0) is 21.3. The fraction of sp³-hybridized carbons (Fsp3) is 0.611. The van der Waals surface area contributed by atoms with Gasteiger partial charge in [-0.1, -0.05) is 0 Å². The van der Waals surface area contributed by atoms with E-state index in [4.69, 9.17) is 10.8 Å². The van der Waals surface area contributed by atoms with E-state index >= 15 is 0 Å². The van der Waals surface area contributed by atoms with Crippen molar-refractivity contribution in [3.05, 3.63) is 35.1 Å². The standard InChI is InChI=1S/C18H24F3N3O4S/c19-14-9-16(21)15(20)7-10(14)8-17(22)11-5-12-1-2-13(6-11)24(12)29(27,28)4-3-23-18(25)26/h7,9,11-13,17,23H,1-6,8,22H2,(H,25,26)/t11?,12?,13?,17-/m1/s1.